The molecule has 1 N–H and O–H groups in total. The monoisotopic (exact) mass is 269 g/mol. The predicted molar refractivity (Wildman–Crippen MR) is 66.9 cm³/mol. The Bertz CT molecular complexity index is 507. The minimum absolute atomic E-state index is 0.107. The Kier molecular flexibility index (Phi) is 3.76. The van der Waals surface area contributed by atoms with Gasteiger partial charge >= 0.3 is 0 Å². The van der Waals surface area contributed by atoms with E-state index in [4.69, 9.17) is 11.6 Å². The van der Waals surface area contributed by atoms with Crippen LogP contribution in [0.2, 0.25) is 5.02 Å². The van der Waals surface area contributed by atoms with Crippen LogP contribution in [0.15, 0.2) is 35.0 Å². The van der Waals surface area contributed by atoms with Gasteiger partial charge in [0.2, 0.25) is 0 Å². The molecule has 0 spiro atoms. The highest BCUT2D eigenvalue weighted by molar-refractivity contribution is 7.07. The molecule has 0 saturated heterocycles. The van der Waals surface area contributed by atoms with Crippen molar-refractivity contribution in [2.24, 2.45) is 0 Å². The van der Waals surface area contributed by atoms with Gasteiger partial charge in [0.1, 0.15) is 5.82 Å². The summed E-state index contributed by atoms with van der Waals surface area (Å²) in [6.07, 6.45) is 0. The van der Waals surface area contributed by atoms with E-state index in [0.29, 0.717) is 6.54 Å². The molecule has 1 heterocycles. The highest BCUT2D eigenvalue weighted by Crippen LogP contribution is 2.18. The van der Waals surface area contributed by atoms with Crippen LogP contribution in [-0.2, 0) is 6.54 Å². The van der Waals surface area contributed by atoms with Crippen molar-refractivity contribution in [1.29, 1.82) is 0 Å². The second-order valence-electron chi connectivity index (χ2n) is 3.41. The van der Waals surface area contributed by atoms with Gasteiger partial charge in [0.25, 0.3) is 5.91 Å². The van der Waals surface area contributed by atoms with Gasteiger partial charge in [-0.15, -0.1) is 0 Å². The van der Waals surface area contributed by atoms with E-state index in [9.17, 15) is 9.18 Å². The molecule has 17 heavy (non-hydrogen) atoms. The SMILES string of the molecule is O=C(NCc1ccsc1)c1c(F)cccc1Cl. The maximum atomic E-state index is 13.4. The van der Waals surface area contributed by atoms with Gasteiger partial charge in [-0.2, -0.15) is 11.3 Å². The molecule has 2 aromatic rings. The van der Waals surface area contributed by atoms with Crippen LogP contribution in [0.1, 0.15) is 15.9 Å². The van der Waals surface area contributed by atoms with Gasteiger partial charge in [-0.25, -0.2) is 4.39 Å². The lowest BCUT2D eigenvalue weighted by molar-refractivity contribution is 0.0947. The summed E-state index contributed by atoms with van der Waals surface area (Å²) < 4.78 is 13.4. The summed E-state index contributed by atoms with van der Waals surface area (Å²) in [7, 11) is 0. The Morgan fingerprint density at radius 1 is 1.41 bits per heavy atom. The Balaban J connectivity index is 2.10. The summed E-state index contributed by atoms with van der Waals surface area (Å²) in [6, 6.07) is 6.07. The molecule has 0 aliphatic heterocycles. The first-order chi connectivity index (χ1) is 8.18. The molecule has 0 aliphatic rings. The third kappa shape index (κ3) is 2.84. The average Bonchev–Trinajstić information content (AvgIpc) is 2.79. The molecule has 0 saturated carbocycles. The van der Waals surface area contributed by atoms with Crippen molar-refractivity contribution in [2.75, 3.05) is 0 Å². The molecular weight excluding hydrogens is 261 g/mol. The summed E-state index contributed by atoms with van der Waals surface area (Å²) in [5.41, 5.74) is 0.875. The van der Waals surface area contributed by atoms with Gasteiger partial charge in [-0.05, 0) is 34.5 Å². The van der Waals surface area contributed by atoms with Crippen molar-refractivity contribution < 1.29 is 9.18 Å². The maximum absolute atomic E-state index is 13.4. The molecule has 1 aromatic carbocycles. The Labute approximate surface area is 107 Å². The highest BCUT2D eigenvalue weighted by Gasteiger charge is 2.15. The highest BCUT2D eigenvalue weighted by atomic mass is 35.5. The molecule has 0 radical (unpaired) electrons. The van der Waals surface area contributed by atoms with Gasteiger partial charge in [-0.1, -0.05) is 17.7 Å². The van der Waals surface area contributed by atoms with E-state index in [1.54, 1.807) is 11.3 Å². The molecule has 0 bridgehead atoms. The number of thiophene rings is 1. The molecule has 0 atom stereocenters. The molecular formula is C12H9ClFNOS. The first-order valence-corrected chi connectivity index (χ1v) is 6.24. The van der Waals surface area contributed by atoms with Crippen molar-refractivity contribution in [2.45, 2.75) is 6.54 Å². The number of nitrogens with one attached hydrogen (secondary N) is 1. The third-order valence-corrected chi connectivity index (χ3v) is 3.27. The fourth-order valence-electron chi connectivity index (χ4n) is 1.38. The largest absolute Gasteiger partial charge is 0.348 e. The van der Waals surface area contributed by atoms with Gasteiger partial charge in [0, 0.05) is 6.54 Å². The molecule has 0 unspecified atom stereocenters. The number of carbonyl (C=O) groups excluding carboxylic acids is 1. The van der Waals surface area contributed by atoms with Crippen LogP contribution >= 0.6 is 22.9 Å². The first kappa shape index (κ1) is 12.1. The van der Waals surface area contributed by atoms with E-state index < -0.39 is 11.7 Å². The Morgan fingerprint density at radius 2 is 2.24 bits per heavy atom. The standard InChI is InChI=1S/C12H9ClFNOS/c13-9-2-1-3-10(14)11(9)12(16)15-6-8-4-5-17-7-8/h1-5,7H,6H2,(H,15,16). The van der Waals surface area contributed by atoms with Crippen LogP contribution < -0.4 is 5.32 Å². The maximum Gasteiger partial charge on any atom is 0.256 e. The third-order valence-electron chi connectivity index (χ3n) is 2.22. The minimum Gasteiger partial charge on any atom is -0.348 e. The second kappa shape index (κ2) is 5.29. The summed E-state index contributed by atoms with van der Waals surface area (Å²) in [5.74, 6) is -1.11. The van der Waals surface area contributed by atoms with Crippen molar-refractivity contribution in [3.05, 3.63) is 57.0 Å². The van der Waals surface area contributed by atoms with Crippen LogP contribution in [0.3, 0.4) is 0 Å². The van der Waals surface area contributed by atoms with Crippen LogP contribution in [0.5, 0.6) is 0 Å². The number of halogens is 2. The summed E-state index contributed by atoms with van der Waals surface area (Å²) in [4.78, 5) is 11.7. The normalized spacial score (nSPS) is 10.2. The number of hydrogen-bond acceptors (Lipinski definition) is 2. The molecule has 1 aromatic heterocycles. The molecule has 0 aliphatic carbocycles. The summed E-state index contributed by atoms with van der Waals surface area (Å²) in [5, 5.41) is 6.58. The van der Waals surface area contributed by atoms with E-state index in [0.717, 1.165) is 5.56 Å². The van der Waals surface area contributed by atoms with Gasteiger partial charge in [0.15, 0.2) is 0 Å². The first-order valence-electron chi connectivity index (χ1n) is 4.92. The van der Waals surface area contributed by atoms with Crippen molar-refractivity contribution in [3.8, 4) is 0 Å². The van der Waals surface area contributed by atoms with Crippen molar-refractivity contribution >= 4 is 28.8 Å². The predicted octanol–water partition coefficient (Wildman–Crippen LogP) is 3.47. The zero-order chi connectivity index (χ0) is 12.3. The van der Waals surface area contributed by atoms with Crippen LogP contribution in [-0.4, -0.2) is 5.91 Å². The lowest BCUT2D eigenvalue weighted by Crippen LogP contribution is -2.24. The topological polar surface area (TPSA) is 29.1 Å². The van der Waals surface area contributed by atoms with Crippen molar-refractivity contribution in [1.82, 2.24) is 5.32 Å². The van der Waals surface area contributed by atoms with E-state index in [1.807, 2.05) is 16.8 Å². The number of amides is 1. The molecule has 5 heteroatoms. The zero-order valence-corrected chi connectivity index (χ0v) is 10.3. The van der Waals surface area contributed by atoms with E-state index >= 15 is 0 Å². The lowest BCUT2D eigenvalue weighted by atomic mass is 10.2. The molecule has 2 nitrogen and oxygen atoms in total. The van der Waals surface area contributed by atoms with Gasteiger partial charge < -0.3 is 5.32 Å². The van der Waals surface area contributed by atoms with Gasteiger partial charge in [0.05, 0.1) is 10.6 Å². The smallest absolute Gasteiger partial charge is 0.256 e. The van der Waals surface area contributed by atoms with E-state index in [1.165, 1.54) is 18.2 Å². The average molecular weight is 270 g/mol. The second-order valence-corrected chi connectivity index (χ2v) is 4.60. The number of carbonyl (C=O) groups is 1. The molecule has 1 amide bonds. The van der Waals surface area contributed by atoms with E-state index in [-0.39, 0.29) is 10.6 Å². The lowest BCUT2D eigenvalue weighted by Gasteiger charge is -2.06. The van der Waals surface area contributed by atoms with Gasteiger partial charge in [-0.3, -0.25) is 4.79 Å². The zero-order valence-electron chi connectivity index (χ0n) is 8.74. The fourth-order valence-corrected chi connectivity index (χ4v) is 2.30. The van der Waals surface area contributed by atoms with Crippen LogP contribution in [0.25, 0.3) is 0 Å². The number of benzene rings is 1. The molecule has 88 valence electrons. The Hall–Kier alpha value is -1.39. The summed E-state index contributed by atoms with van der Waals surface area (Å²) >= 11 is 7.33. The minimum atomic E-state index is -0.611. The molecule has 2 rings (SSSR count). The van der Waals surface area contributed by atoms with Crippen LogP contribution in [0.4, 0.5) is 4.39 Å². The summed E-state index contributed by atoms with van der Waals surface area (Å²) in [6.45, 7) is 0.368. The van der Waals surface area contributed by atoms with Crippen molar-refractivity contribution in [3.63, 3.8) is 0 Å². The Morgan fingerprint density at radius 3 is 2.88 bits per heavy atom. The number of rotatable bonds is 3. The van der Waals surface area contributed by atoms with Crippen LogP contribution in [0, 0.1) is 5.82 Å². The fraction of sp³-hybridized carbons (Fsp3) is 0.0833. The number of hydrogen-bond donors (Lipinski definition) is 1. The van der Waals surface area contributed by atoms with E-state index in [2.05, 4.69) is 5.32 Å². The molecule has 0 fully saturated rings. The quantitative estimate of drug-likeness (QED) is 0.908.